The summed E-state index contributed by atoms with van der Waals surface area (Å²) in [6.45, 7) is 4.95. The van der Waals surface area contributed by atoms with Crippen molar-refractivity contribution in [2.75, 3.05) is 19.4 Å². The number of imidazole rings is 1. The smallest absolute Gasteiger partial charge is 0.199 e. The van der Waals surface area contributed by atoms with E-state index in [1.54, 1.807) is 0 Å². The van der Waals surface area contributed by atoms with Crippen molar-refractivity contribution in [3.8, 4) is 0 Å². The lowest BCUT2D eigenvalue weighted by Gasteiger charge is -2.23. The van der Waals surface area contributed by atoms with E-state index in [2.05, 4.69) is 33.7 Å². The summed E-state index contributed by atoms with van der Waals surface area (Å²) in [5.74, 6) is 1.97. The highest BCUT2D eigenvalue weighted by atomic mass is 15.3. The van der Waals surface area contributed by atoms with Crippen molar-refractivity contribution in [3.05, 3.63) is 12.0 Å². The van der Waals surface area contributed by atoms with Crippen molar-refractivity contribution >= 4 is 11.8 Å². The van der Waals surface area contributed by atoms with Gasteiger partial charge in [-0.3, -0.25) is 0 Å². The third-order valence-electron chi connectivity index (χ3n) is 2.46. The Kier molecular flexibility index (Phi) is 2.38. The van der Waals surface area contributed by atoms with E-state index in [1.165, 1.54) is 0 Å². The van der Waals surface area contributed by atoms with E-state index in [4.69, 9.17) is 0 Å². The molecule has 0 bridgehead atoms. The second kappa shape index (κ2) is 3.56. The zero-order valence-corrected chi connectivity index (χ0v) is 9.65. The summed E-state index contributed by atoms with van der Waals surface area (Å²) in [6.07, 6.45) is 1.87. The van der Waals surface area contributed by atoms with Crippen molar-refractivity contribution in [3.63, 3.8) is 0 Å². The number of hydrogen-bond acceptors (Lipinski definition) is 4. The number of guanidine groups is 1. The summed E-state index contributed by atoms with van der Waals surface area (Å²) in [5.41, 5.74) is 1.02. The predicted molar refractivity (Wildman–Crippen MR) is 61.1 cm³/mol. The van der Waals surface area contributed by atoms with Crippen molar-refractivity contribution in [1.82, 2.24) is 14.5 Å². The van der Waals surface area contributed by atoms with E-state index in [0.29, 0.717) is 12.6 Å². The molecule has 0 atom stereocenters. The zero-order chi connectivity index (χ0) is 11.0. The van der Waals surface area contributed by atoms with Gasteiger partial charge in [0.15, 0.2) is 5.96 Å². The molecular weight excluding hydrogens is 190 g/mol. The molecule has 82 valence electrons. The Labute approximate surface area is 89.8 Å². The van der Waals surface area contributed by atoms with Gasteiger partial charge in [0.1, 0.15) is 11.5 Å². The van der Waals surface area contributed by atoms with Crippen LogP contribution in [0.5, 0.6) is 0 Å². The van der Waals surface area contributed by atoms with Crippen LogP contribution in [-0.4, -0.2) is 34.5 Å². The minimum Gasteiger partial charge on any atom is -0.349 e. The highest BCUT2D eigenvalue weighted by Gasteiger charge is 2.19. The summed E-state index contributed by atoms with van der Waals surface area (Å²) in [7, 11) is 3.96. The minimum absolute atomic E-state index is 0.412. The molecule has 15 heavy (non-hydrogen) atoms. The first-order chi connectivity index (χ1) is 7.09. The van der Waals surface area contributed by atoms with Gasteiger partial charge in [-0.2, -0.15) is 0 Å². The van der Waals surface area contributed by atoms with Crippen LogP contribution in [0.15, 0.2) is 11.3 Å². The van der Waals surface area contributed by atoms with E-state index in [0.717, 1.165) is 17.5 Å². The molecule has 0 amide bonds. The highest BCUT2D eigenvalue weighted by molar-refractivity contribution is 5.94. The standard InChI is InChI=1S/C10H17N5/c1-7(2)15-6-12-8-5-11-10(14(3)4)13-9(8)15/h6-7H,5H2,1-4H3,(H,11,13). The molecule has 0 aromatic carbocycles. The number of aromatic nitrogens is 2. The molecule has 5 nitrogen and oxygen atoms in total. The highest BCUT2D eigenvalue weighted by Crippen LogP contribution is 2.23. The van der Waals surface area contributed by atoms with E-state index in [-0.39, 0.29) is 0 Å². The summed E-state index contributed by atoms with van der Waals surface area (Å²) in [5, 5.41) is 3.30. The second-order valence-electron chi connectivity index (χ2n) is 4.20. The molecule has 0 saturated carbocycles. The van der Waals surface area contributed by atoms with Crippen molar-refractivity contribution in [1.29, 1.82) is 0 Å². The van der Waals surface area contributed by atoms with Crippen LogP contribution in [0.2, 0.25) is 0 Å². The SMILES string of the molecule is CC(C)n1cnc2c1NC(N(C)C)=NC2. The van der Waals surface area contributed by atoms with Gasteiger partial charge in [-0.1, -0.05) is 0 Å². The Morgan fingerprint density at radius 2 is 2.20 bits per heavy atom. The Bertz CT molecular complexity index is 389. The van der Waals surface area contributed by atoms with Crippen LogP contribution < -0.4 is 5.32 Å². The largest absolute Gasteiger partial charge is 0.349 e. The van der Waals surface area contributed by atoms with Crippen molar-refractivity contribution < 1.29 is 0 Å². The molecule has 0 unspecified atom stereocenters. The molecule has 5 heteroatoms. The van der Waals surface area contributed by atoms with E-state index in [1.807, 2.05) is 25.3 Å². The predicted octanol–water partition coefficient (Wildman–Crippen LogP) is 1.31. The van der Waals surface area contributed by atoms with Crippen LogP contribution in [-0.2, 0) is 6.54 Å². The number of aliphatic imine (C=N–C) groups is 1. The second-order valence-corrected chi connectivity index (χ2v) is 4.20. The molecule has 0 aliphatic carbocycles. The molecule has 2 heterocycles. The summed E-state index contributed by atoms with van der Waals surface area (Å²) in [6, 6.07) is 0.412. The summed E-state index contributed by atoms with van der Waals surface area (Å²) in [4.78, 5) is 10.7. The summed E-state index contributed by atoms with van der Waals surface area (Å²) >= 11 is 0. The molecule has 2 rings (SSSR count). The molecule has 0 fully saturated rings. The molecule has 0 saturated heterocycles. The zero-order valence-electron chi connectivity index (χ0n) is 9.65. The van der Waals surface area contributed by atoms with Crippen molar-refractivity contribution in [2.24, 2.45) is 4.99 Å². The van der Waals surface area contributed by atoms with Gasteiger partial charge in [-0.15, -0.1) is 0 Å². The maximum Gasteiger partial charge on any atom is 0.199 e. The molecule has 1 N–H and O–H groups in total. The molecular formula is C10H17N5. The first kappa shape index (κ1) is 10.0. The lowest BCUT2D eigenvalue weighted by atomic mass is 10.3. The van der Waals surface area contributed by atoms with Crippen LogP contribution in [0.25, 0.3) is 0 Å². The average molecular weight is 207 g/mol. The van der Waals surface area contributed by atoms with Crippen LogP contribution in [0.3, 0.4) is 0 Å². The van der Waals surface area contributed by atoms with Gasteiger partial charge in [-0.05, 0) is 13.8 Å². The first-order valence-electron chi connectivity index (χ1n) is 5.14. The normalized spacial score (nSPS) is 14.6. The number of nitrogens with one attached hydrogen (secondary N) is 1. The number of hydrogen-bond donors (Lipinski definition) is 1. The fraction of sp³-hybridized carbons (Fsp3) is 0.600. The molecule has 0 radical (unpaired) electrons. The van der Waals surface area contributed by atoms with Gasteiger partial charge < -0.3 is 14.8 Å². The van der Waals surface area contributed by atoms with Gasteiger partial charge in [0.25, 0.3) is 0 Å². The van der Waals surface area contributed by atoms with E-state index in [9.17, 15) is 0 Å². The third kappa shape index (κ3) is 1.69. The fourth-order valence-corrected chi connectivity index (χ4v) is 1.59. The van der Waals surface area contributed by atoms with Gasteiger partial charge in [0, 0.05) is 20.1 Å². The fourth-order valence-electron chi connectivity index (χ4n) is 1.59. The number of fused-ring (bicyclic) bond motifs is 1. The summed E-state index contributed by atoms with van der Waals surface area (Å²) < 4.78 is 2.13. The van der Waals surface area contributed by atoms with Crippen LogP contribution in [0, 0.1) is 0 Å². The van der Waals surface area contributed by atoms with Crippen LogP contribution >= 0.6 is 0 Å². The first-order valence-corrected chi connectivity index (χ1v) is 5.14. The Balaban J connectivity index is 2.31. The van der Waals surface area contributed by atoms with E-state index < -0.39 is 0 Å². The lowest BCUT2D eigenvalue weighted by molar-refractivity contribution is 0.592. The van der Waals surface area contributed by atoms with Crippen LogP contribution in [0.4, 0.5) is 5.82 Å². The van der Waals surface area contributed by atoms with Crippen molar-refractivity contribution in [2.45, 2.75) is 26.4 Å². The molecule has 1 aliphatic heterocycles. The molecule has 1 aliphatic rings. The molecule has 1 aromatic rings. The maximum absolute atomic E-state index is 4.40. The van der Waals surface area contributed by atoms with Gasteiger partial charge in [0.2, 0.25) is 0 Å². The van der Waals surface area contributed by atoms with Gasteiger partial charge >= 0.3 is 0 Å². The number of rotatable bonds is 1. The number of nitrogens with zero attached hydrogens (tertiary/aromatic N) is 4. The molecule has 1 aromatic heterocycles. The lowest BCUT2D eigenvalue weighted by Crippen LogP contribution is -2.33. The topological polar surface area (TPSA) is 45.5 Å². The van der Waals surface area contributed by atoms with E-state index >= 15 is 0 Å². The monoisotopic (exact) mass is 207 g/mol. The average Bonchev–Trinajstić information content (AvgIpc) is 2.59. The molecule has 0 spiro atoms. The quantitative estimate of drug-likeness (QED) is 0.755. The number of anilines is 1. The van der Waals surface area contributed by atoms with Gasteiger partial charge in [0.05, 0.1) is 12.9 Å². The van der Waals surface area contributed by atoms with Gasteiger partial charge in [-0.25, -0.2) is 9.98 Å². The Hall–Kier alpha value is -1.52. The van der Waals surface area contributed by atoms with Crippen LogP contribution in [0.1, 0.15) is 25.6 Å². The maximum atomic E-state index is 4.40. The third-order valence-corrected chi connectivity index (χ3v) is 2.46. The Morgan fingerprint density at radius 1 is 1.47 bits per heavy atom. The Morgan fingerprint density at radius 3 is 2.80 bits per heavy atom. The minimum atomic E-state index is 0.412.